The molecule has 1 aromatic heterocycles. The summed E-state index contributed by atoms with van der Waals surface area (Å²) in [7, 11) is 3.45. The molecule has 7 heteroatoms. The molecule has 0 aliphatic carbocycles. The van der Waals surface area contributed by atoms with Gasteiger partial charge >= 0.3 is 0 Å². The molecule has 0 saturated heterocycles. The third kappa shape index (κ3) is 4.13. The average molecular weight is 368 g/mol. The Morgan fingerprint density at radius 1 is 1.10 bits per heavy atom. The van der Waals surface area contributed by atoms with Crippen LogP contribution in [0.5, 0.6) is 0 Å². The van der Waals surface area contributed by atoms with Crippen molar-refractivity contribution in [3.05, 3.63) is 51.3 Å². The average Bonchev–Trinajstić information content (AvgIpc) is 2.86. The van der Waals surface area contributed by atoms with Crippen molar-refractivity contribution in [2.45, 2.75) is 0 Å². The maximum Gasteiger partial charge on any atom is 0.268 e. The molecule has 0 unspecified atom stereocenters. The number of nitrogens with zero attached hydrogens (tertiary/aromatic N) is 1. The van der Waals surface area contributed by atoms with E-state index in [0.29, 0.717) is 16.1 Å². The van der Waals surface area contributed by atoms with Crippen molar-refractivity contribution >= 4 is 44.1 Å². The molecule has 21 heavy (non-hydrogen) atoms. The van der Waals surface area contributed by atoms with Crippen molar-refractivity contribution in [3.8, 4) is 0 Å². The summed E-state index contributed by atoms with van der Waals surface area (Å²) in [6.45, 7) is 0. The minimum atomic E-state index is -0.257. The first-order valence-corrected chi connectivity index (χ1v) is 7.77. The molecule has 0 bridgehead atoms. The highest BCUT2D eigenvalue weighted by Crippen LogP contribution is 2.24. The Morgan fingerprint density at radius 2 is 1.76 bits per heavy atom. The van der Waals surface area contributed by atoms with E-state index in [0.717, 1.165) is 4.47 Å². The zero-order chi connectivity index (χ0) is 15.4. The highest BCUT2D eigenvalue weighted by molar-refractivity contribution is 9.10. The van der Waals surface area contributed by atoms with Gasteiger partial charge in [-0.1, -0.05) is 15.9 Å². The van der Waals surface area contributed by atoms with Gasteiger partial charge in [0.05, 0.1) is 5.56 Å². The van der Waals surface area contributed by atoms with Gasteiger partial charge in [0, 0.05) is 24.1 Å². The zero-order valence-corrected chi connectivity index (χ0v) is 13.9. The van der Waals surface area contributed by atoms with E-state index in [-0.39, 0.29) is 11.8 Å². The normalized spacial score (nSPS) is 10.5. The molecule has 0 fully saturated rings. The van der Waals surface area contributed by atoms with E-state index in [4.69, 9.17) is 0 Å². The van der Waals surface area contributed by atoms with E-state index in [1.165, 1.54) is 11.3 Å². The van der Waals surface area contributed by atoms with Crippen LogP contribution in [0, 0.1) is 0 Å². The van der Waals surface area contributed by atoms with Crippen LogP contribution in [0.15, 0.2) is 40.2 Å². The molecule has 0 spiro atoms. The van der Waals surface area contributed by atoms with Gasteiger partial charge in [-0.3, -0.25) is 15.0 Å². The highest BCUT2D eigenvalue weighted by atomic mass is 79.9. The first kappa shape index (κ1) is 15.7. The van der Waals surface area contributed by atoms with Crippen LogP contribution >= 0.6 is 27.3 Å². The fourth-order valence-corrected chi connectivity index (χ4v) is 2.67. The van der Waals surface area contributed by atoms with Crippen molar-refractivity contribution in [2.24, 2.45) is 0 Å². The second kappa shape index (κ2) is 6.84. The molecule has 110 valence electrons. The molecular weight excluding hydrogens is 354 g/mol. The summed E-state index contributed by atoms with van der Waals surface area (Å²) in [5.74, 6) is -0.504. The van der Waals surface area contributed by atoms with Crippen LogP contribution in [0.4, 0.5) is 5.00 Å². The lowest BCUT2D eigenvalue weighted by molar-refractivity contribution is 0.0858. The molecule has 5 nitrogen and oxygen atoms in total. The van der Waals surface area contributed by atoms with Crippen LogP contribution in [0.1, 0.15) is 20.7 Å². The Hall–Kier alpha value is -1.70. The van der Waals surface area contributed by atoms with E-state index < -0.39 is 0 Å². The maximum absolute atomic E-state index is 12.2. The molecule has 0 saturated carbocycles. The summed E-state index contributed by atoms with van der Waals surface area (Å²) in [4.78, 5) is 24.2. The Kier molecular flexibility index (Phi) is 5.11. The first-order valence-electron chi connectivity index (χ1n) is 6.10. The topological polar surface area (TPSA) is 61.4 Å². The number of hydrogen-bond donors (Lipinski definition) is 2. The van der Waals surface area contributed by atoms with Gasteiger partial charge in [0.25, 0.3) is 11.8 Å². The van der Waals surface area contributed by atoms with Crippen molar-refractivity contribution in [3.63, 3.8) is 0 Å². The summed E-state index contributed by atoms with van der Waals surface area (Å²) in [5, 5.41) is 6.62. The van der Waals surface area contributed by atoms with Gasteiger partial charge in [0.2, 0.25) is 0 Å². The molecule has 1 heterocycles. The highest BCUT2D eigenvalue weighted by Gasteiger charge is 2.16. The smallest absolute Gasteiger partial charge is 0.268 e. The third-order valence-electron chi connectivity index (χ3n) is 2.57. The number of carbonyl (C=O) groups excluding carboxylic acids is 2. The Bertz CT molecular complexity index is 652. The van der Waals surface area contributed by atoms with Crippen LogP contribution in [0.2, 0.25) is 0 Å². The molecule has 2 N–H and O–H groups in total. The molecule has 1 aromatic carbocycles. The summed E-state index contributed by atoms with van der Waals surface area (Å²) in [6.07, 6.45) is 0. The van der Waals surface area contributed by atoms with Crippen molar-refractivity contribution in [2.75, 3.05) is 19.4 Å². The van der Waals surface area contributed by atoms with Crippen LogP contribution in [0.3, 0.4) is 0 Å². The third-order valence-corrected chi connectivity index (χ3v) is 3.93. The molecule has 0 aliphatic heterocycles. The van der Waals surface area contributed by atoms with Crippen LogP contribution in [0.25, 0.3) is 0 Å². The lowest BCUT2D eigenvalue weighted by Gasteiger charge is -2.12. The molecule has 2 rings (SSSR count). The predicted molar refractivity (Wildman–Crippen MR) is 87.6 cm³/mol. The van der Waals surface area contributed by atoms with Gasteiger partial charge in [-0.15, -0.1) is 11.3 Å². The van der Waals surface area contributed by atoms with E-state index in [9.17, 15) is 9.59 Å². The number of carbonyl (C=O) groups is 2. The van der Waals surface area contributed by atoms with Gasteiger partial charge in [-0.25, -0.2) is 5.01 Å². The largest absolute Gasteiger partial charge is 0.313 e. The second-order valence-corrected chi connectivity index (χ2v) is 6.29. The van der Waals surface area contributed by atoms with Gasteiger partial charge in [0.1, 0.15) is 5.00 Å². The van der Waals surface area contributed by atoms with Crippen LogP contribution < -0.4 is 10.7 Å². The Morgan fingerprint density at radius 3 is 2.38 bits per heavy atom. The standard InChI is InChI=1S/C14H14BrN3O2S/c1-18(2)17-13(20)11-7-8-21-14(11)16-12(19)9-3-5-10(15)6-4-9/h3-8H,1-2H3,(H,16,19)(H,17,20). The van der Waals surface area contributed by atoms with E-state index in [2.05, 4.69) is 26.7 Å². The molecule has 0 atom stereocenters. The summed E-state index contributed by atoms with van der Waals surface area (Å²) in [5.41, 5.74) is 3.63. The Balaban J connectivity index is 2.13. The summed E-state index contributed by atoms with van der Waals surface area (Å²) < 4.78 is 0.904. The quantitative estimate of drug-likeness (QED) is 0.816. The van der Waals surface area contributed by atoms with E-state index in [1.807, 2.05) is 0 Å². The number of hydrazine groups is 1. The van der Waals surface area contributed by atoms with Crippen LogP contribution in [-0.4, -0.2) is 30.9 Å². The minimum Gasteiger partial charge on any atom is -0.313 e. The molecule has 0 radical (unpaired) electrons. The van der Waals surface area contributed by atoms with E-state index in [1.54, 1.807) is 54.8 Å². The number of nitrogens with one attached hydrogen (secondary N) is 2. The zero-order valence-electron chi connectivity index (χ0n) is 11.5. The number of anilines is 1. The van der Waals surface area contributed by atoms with Gasteiger partial charge < -0.3 is 5.32 Å². The van der Waals surface area contributed by atoms with E-state index >= 15 is 0 Å². The maximum atomic E-state index is 12.2. The van der Waals surface area contributed by atoms with Gasteiger partial charge in [0.15, 0.2) is 0 Å². The number of rotatable bonds is 4. The lowest BCUT2D eigenvalue weighted by Crippen LogP contribution is -2.36. The molecular formula is C14H14BrN3O2S. The van der Waals surface area contributed by atoms with Crippen molar-refractivity contribution in [1.82, 2.24) is 10.4 Å². The Labute approximate surface area is 135 Å². The lowest BCUT2D eigenvalue weighted by atomic mass is 10.2. The summed E-state index contributed by atoms with van der Waals surface area (Å²) in [6, 6.07) is 8.70. The monoisotopic (exact) mass is 367 g/mol. The number of halogens is 1. The van der Waals surface area contributed by atoms with Gasteiger partial charge in [-0.2, -0.15) is 0 Å². The van der Waals surface area contributed by atoms with Gasteiger partial charge in [-0.05, 0) is 35.7 Å². The number of benzene rings is 1. The predicted octanol–water partition coefficient (Wildman–Crippen LogP) is 2.97. The fraction of sp³-hybridized carbons (Fsp3) is 0.143. The first-order chi connectivity index (χ1) is 9.97. The number of thiophene rings is 1. The number of amides is 2. The molecule has 2 amide bonds. The van der Waals surface area contributed by atoms with Crippen molar-refractivity contribution in [1.29, 1.82) is 0 Å². The SMILES string of the molecule is CN(C)NC(=O)c1ccsc1NC(=O)c1ccc(Br)cc1. The molecule has 2 aromatic rings. The second-order valence-electron chi connectivity index (χ2n) is 4.46. The summed E-state index contributed by atoms with van der Waals surface area (Å²) >= 11 is 4.63. The molecule has 0 aliphatic rings. The number of hydrogen-bond acceptors (Lipinski definition) is 4. The minimum absolute atomic E-state index is 0.246. The van der Waals surface area contributed by atoms with Crippen molar-refractivity contribution < 1.29 is 9.59 Å². The van der Waals surface area contributed by atoms with Crippen LogP contribution in [-0.2, 0) is 0 Å². The fourth-order valence-electron chi connectivity index (χ4n) is 1.62.